The van der Waals surface area contributed by atoms with E-state index in [0.29, 0.717) is 17.8 Å². The Kier molecular flexibility index (Phi) is 6.97. The fourth-order valence-electron chi connectivity index (χ4n) is 5.42. The van der Waals surface area contributed by atoms with Gasteiger partial charge in [0.1, 0.15) is 30.2 Å². The van der Waals surface area contributed by atoms with E-state index in [1.54, 1.807) is 10.9 Å². The summed E-state index contributed by atoms with van der Waals surface area (Å²) < 4.78 is 29.0. The number of aliphatic hydroxyl groups is 1. The molecule has 0 bridgehead atoms. The summed E-state index contributed by atoms with van der Waals surface area (Å²) in [5.41, 5.74) is 7.73. The van der Waals surface area contributed by atoms with Crippen molar-refractivity contribution in [1.82, 2.24) is 19.5 Å². The van der Waals surface area contributed by atoms with Gasteiger partial charge in [-0.05, 0) is 22.2 Å². The average Bonchev–Trinajstić information content (AvgIpc) is 3.29. The van der Waals surface area contributed by atoms with Crippen molar-refractivity contribution in [2.45, 2.75) is 102 Å². The van der Waals surface area contributed by atoms with Crippen LogP contribution in [0.15, 0.2) is 12.7 Å². The maximum atomic E-state index is 11.5. The van der Waals surface area contributed by atoms with Crippen LogP contribution in [0.5, 0.6) is 0 Å². The van der Waals surface area contributed by atoms with Gasteiger partial charge in [0.2, 0.25) is 0 Å². The third kappa shape index (κ3) is 3.92. The molecule has 34 heavy (non-hydrogen) atoms. The van der Waals surface area contributed by atoms with Gasteiger partial charge in [0.05, 0.1) is 12.9 Å². The maximum Gasteiger partial charge on any atom is 0.335 e. The number of ether oxygens (including phenoxy) is 1. The molecule has 12 heteroatoms. The Bertz CT molecular complexity index is 1000. The first-order chi connectivity index (χ1) is 15.9. The van der Waals surface area contributed by atoms with E-state index in [9.17, 15) is 5.11 Å². The Balaban J connectivity index is 1.77. The van der Waals surface area contributed by atoms with Gasteiger partial charge < -0.3 is 28.5 Å². The maximum absolute atomic E-state index is 11.5. The van der Waals surface area contributed by atoms with Gasteiger partial charge in [-0.3, -0.25) is 4.57 Å². The number of nitrogens with zero attached hydrogens (tertiary/aromatic N) is 4. The van der Waals surface area contributed by atoms with E-state index in [2.05, 4.69) is 70.3 Å². The average molecular weight is 510 g/mol. The van der Waals surface area contributed by atoms with Crippen molar-refractivity contribution in [2.24, 2.45) is 0 Å². The zero-order chi connectivity index (χ0) is 25.0. The Labute approximate surface area is 203 Å². The zero-order valence-corrected chi connectivity index (χ0v) is 23.4. The highest BCUT2D eigenvalue weighted by atomic mass is 28.5. The van der Waals surface area contributed by atoms with Crippen LogP contribution in [0.2, 0.25) is 22.2 Å². The minimum absolute atomic E-state index is 0.159. The molecule has 0 aliphatic carbocycles. The highest BCUT2D eigenvalue weighted by Crippen LogP contribution is 2.48. The van der Waals surface area contributed by atoms with Crippen molar-refractivity contribution in [3.63, 3.8) is 0 Å². The topological polar surface area (TPSA) is 127 Å². The predicted molar refractivity (Wildman–Crippen MR) is 133 cm³/mol. The van der Waals surface area contributed by atoms with Crippen molar-refractivity contribution in [3.8, 4) is 0 Å². The van der Waals surface area contributed by atoms with Gasteiger partial charge in [0, 0.05) is 0 Å². The van der Waals surface area contributed by atoms with Crippen LogP contribution < -0.4 is 5.73 Å². The van der Waals surface area contributed by atoms with Gasteiger partial charge in [-0.1, -0.05) is 55.4 Å². The molecule has 2 aromatic rings. The molecule has 0 aromatic carbocycles. The molecule has 4 rings (SSSR count). The standard InChI is InChI=1S/C22H39N5O5Si2/c1-12(2)33(13(3)4)29-9-16-19(31-34(32-33,14(5)6)15(7)8)18(28)22(30-16)27-11-26-17-20(23)24-10-25-21(17)27/h10-16,18-19,22,28H,9H2,1-8H3,(H2,23,24,25)/t16-,18?,19-,22+/m0/s1. The Morgan fingerprint density at radius 3 is 2.18 bits per heavy atom. The SMILES string of the molecule is CC(C)[Si]1(C(C)C)OC[C@@H]2O[C@@H](n3cnc4c(N)ncnc43)C(O)[C@H]2O[Si](C(C)C)(C(C)C)O1. The quantitative estimate of drug-likeness (QED) is 0.581. The second-order valence-corrected chi connectivity index (χ2v) is 19.5. The molecule has 4 atom stereocenters. The Morgan fingerprint density at radius 2 is 1.59 bits per heavy atom. The number of nitrogens with two attached hydrogens (primary N) is 1. The number of imidazole rings is 1. The van der Waals surface area contributed by atoms with Crippen LogP contribution in [-0.4, -0.2) is 66.7 Å². The van der Waals surface area contributed by atoms with Crippen molar-refractivity contribution < 1.29 is 22.8 Å². The van der Waals surface area contributed by atoms with Crippen molar-refractivity contribution in [1.29, 1.82) is 0 Å². The number of anilines is 1. The van der Waals surface area contributed by atoms with Crippen LogP contribution in [0.25, 0.3) is 11.2 Å². The molecule has 0 spiro atoms. The first-order valence-electron chi connectivity index (χ1n) is 12.2. The molecule has 1 unspecified atom stereocenters. The normalized spacial score (nSPS) is 29.2. The summed E-state index contributed by atoms with van der Waals surface area (Å²) in [7, 11) is -5.54. The lowest BCUT2D eigenvalue weighted by molar-refractivity contribution is -0.0570. The van der Waals surface area contributed by atoms with E-state index in [-0.39, 0.29) is 28.0 Å². The number of nitrogen functional groups attached to an aromatic ring is 1. The Morgan fingerprint density at radius 1 is 0.971 bits per heavy atom. The lowest BCUT2D eigenvalue weighted by Gasteiger charge is -2.51. The van der Waals surface area contributed by atoms with Crippen LogP contribution >= 0.6 is 0 Å². The number of hydrogen-bond acceptors (Lipinski definition) is 9. The highest BCUT2D eigenvalue weighted by Gasteiger charge is 2.61. The minimum atomic E-state index is -2.86. The monoisotopic (exact) mass is 509 g/mol. The number of fused-ring (bicyclic) bond motifs is 2. The van der Waals surface area contributed by atoms with Gasteiger partial charge in [-0.2, -0.15) is 0 Å². The second-order valence-electron chi connectivity index (χ2n) is 10.7. The number of hydrogen-bond donors (Lipinski definition) is 2. The van der Waals surface area contributed by atoms with E-state index in [1.165, 1.54) is 6.33 Å². The largest absolute Gasteiger partial charge is 0.414 e. The van der Waals surface area contributed by atoms with Gasteiger partial charge in [0.25, 0.3) is 0 Å². The molecule has 2 aliphatic heterocycles. The predicted octanol–water partition coefficient (Wildman–Crippen LogP) is 3.62. The van der Waals surface area contributed by atoms with E-state index in [4.69, 9.17) is 23.4 Å². The molecule has 2 saturated heterocycles. The van der Waals surface area contributed by atoms with Crippen molar-refractivity contribution in [2.75, 3.05) is 12.3 Å². The summed E-state index contributed by atoms with van der Waals surface area (Å²) in [5, 5.41) is 11.5. The number of aliphatic hydroxyl groups excluding tert-OH is 1. The third-order valence-corrected chi connectivity index (χ3v) is 17.6. The van der Waals surface area contributed by atoms with Crippen LogP contribution in [-0.2, 0) is 17.7 Å². The lowest BCUT2D eigenvalue weighted by atomic mass is 10.1. The Hall–Kier alpha value is -1.42. The van der Waals surface area contributed by atoms with Gasteiger partial charge in [0.15, 0.2) is 17.7 Å². The summed E-state index contributed by atoms with van der Waals surface area (Å²) in [4.78, 5) is 12.7. The summed E-state index contributed by atoms with van der Waals surface area (Å²) in [6, 6.07) is 0. The van der Waals surface area contributed by atoms with Crippen LogP contribution in [0.4, 0.5) is 5.82 Å². The van der Waals surface area contributed by atoms with Crippen molar-refractivity contribution in [3.05, 3.63) is 12.7 Å². The minimum Gasteiger partial charge on any atom is -0.414 e. The first kappa shape index (κ1) is 25.7. The zero-order valence-electron chi connectivity index (χ0n) is 21.4. The number of rotatable bonds is 5. The number of aromatic nitrogens is 4. The molecule has 10 nitrogen and oxygen atoms in total. The fraction of sp³-hybridized carbons (Fsp3) is 0.773. The lowest BCUT2D eigenvalue weighted by Crippen LogP contribution is -2.65. The van der Waals surface area contributed by atoms with Gasteiger partial charge in [-0.15, -0.1) is 0 Å². The second kappa shape index (κ2) is 9.23. The van der Waals surface area contributed by atoms with Crippen LogP contribution in [0.3, 0.4) is 0 Å². The van der Waals surface area contributed by atoms with Crippen molar-refractivity contribution >= 4 is 34.1 Å². The molecule has 4 heterocycles. The van der Waals surface area contributed by atoms with E-state index in [0.717, 1.165) is 0 Å². The fourth-order valence-corrected chi connectivity index (χ4v) is 16.6. The molecule has 0 radical (unpaired) electrons. The molecule has 2 fully saturated rings. The summed E-state index contributed by atoms with van der Waals surface area (Å²) in [6.45, 7) is 17.7. The molecule has 190 valence electrons. The van der Waals surface area contributed by atoms with Gasteiger partial charge in [-0.25, -0.2) is 15.0 Å². The van der Waals surface area contributed by atoms with E-state index >= 15 is 0 Å². The summed E-state index contributed by atoms with van der Waals surface area (Å²) in [6.07, 6.45) is 0.225. The first-order valence-corrected chi connectivity index (χ1v) is 16.2. The smallest absolute Gasteiger partial charge is 0.335 e. The summed E-state index contributed by atoms with van der Waals surface area (Å²) in [5.74, 6) is 0.283. The summed E-state index contributed by atoms with van der Waals surface area (Å²) >= 11 is 0. The molecule has 0 amide bonds. The van der Waals surface area contributed by atoms with Gasteiger partial charge >= 0.3 is 17.1 Å². The molecular formula is C22H39N5O5Si2. The molecule has 3 N–H and O–H groups in total. The van der Waals surface area contributed by atoms with E-state index < -0.39 is 41.7 Å². The molecular weight excluding hydrogens is 470 g/mol. The van der Waals surface area contributed by atoms with Crippen LogP contribution in [0, 0.1) is 0 Å². The molecule has 2 aromatic heterocycles. The van der Waals surface area contributed by atoms with E-state index in [1.807, 2.05) is 0 Å². The van der Waals surface area contributed by atoms with Crippen LogP contribution in [0.1, 0.15) is 61.6 Å². The third-order valence-electron chi connectivity index (χ3n) is 7.30. The molecule has 0 saturated carbocycles. The molecule has 2 aliphatic rings. The highest BCUT2D eigenvalue weighted by molar-refractivity contribution is 6.83.